The molecule has 0 aliphatic heterocycles. The molecule has 1 heterocycles. The first-order valence-electron chi connectivity index (χ1n) is 5.49. The number of fused-ring (bicyclic) bond motifs is 1. The lowest BCUT2D eigenvalue weighted by molar-refractivity contribution is 0.292. The molecule has 0 amide bonds. The van der Waals surface area contributed by atoms with Gasteiger partial charge in [0.15, 0.2) is 0 Å². The van der Waals surface area contributed by atoms with Crippen LogP contribution in [0.25, 0.3) is 10.8 Å². The molecule has 0 spiro atoms. The Morgan fingerprint density at radius 2 is 2.24 bits per heavy atom. The number of nitrogens with one attached hydrogen (secondary N) is 1. The van der Waals surface area contributed by atoms with Crippen molar-refractivity contribution in [3.8, 4) is 6.07 Å². The Labute approximate surface area is 99.5 Å². The molecule has 17 heavy (non-hydrogen) atoms. The molecule has 0 aliphatic rings. The van der Waals surface area contributed by atoms with Crippen molar-refractivity contribution in [3.05, 3.63) is 36.2 Å². The van der Waals surface area contributed by atoms with Gasteiger partial charge in [0.2, 0.25) is 0 Å². The molecule has 2 N–H and O–H groups in total. The Morgan fingerprint density at radius 1 is 1.35 bits per heavy atom. The second-order valence-electron chi connectivity index (χ2n) is 3.71. The summed E-state index contributed by atoms with van der Waals surface area (Å²) in [5.74, 6) is 0. The van der Waals surface area contributed by atoms with Crippen LogP contribution in [0.2, 0.25) is 0 Å². The number of nitrogens with zero attached hydrogens (tertiary/aromatic N) is 2. The van der Waals surface area contributed by atoms with Crippen molar-refractivity contribution in [2.75, 3.05) is 18.5 Å². The number of hydrogen-bond donors (Lipinski definition) is 2. The van der Waals surface area contributed by atoms with E-state index in [1.165, 1.54) is 0 Å². The number of pyridine rings is 1. The molecule has 86 valence electrons. The lowest BCUT2D eigenvalue weighted by atomic mass is 10.1. The third-order valence-electron chi connectivity index (χ3n) is 2.53. The van der Waals surface area contributed by atoms with Crippen molar-refractivity contribution < 1.29 is 5.11 Å². The highest BCUT2D eigenvalue weighted by atomic mass is 16.3. The lowest BCUT2D eigenvalue weighted by Gasteiger charge is -2.06. The van der Waals surface area contributed by atoms with Crippen LogP contribution >= 0.6 is 0 Å². The van der Waals surface area contributed by atoms with E-state index < -0.39 is 0 Å². The van der Waals surface area contributed by atoms with Gasteiger partial charge in [-0.3, -0.25) is 0 Å². The Balaban J connectivity index is 2.29. The van der Waals surface area contributed by atoms with Gasteiger partial charge >= 0.3 is 0 Å². The summed E-state index contributed by atoms with van der Waals surface area (Å²) in [5.41, 5.74) is 1.44. The van der Waals surface area contributed by atoms with Crippen LogP contribution in [0.3, 0.4) is 0 Å². The third-order valence-corrected chi connectivity index (χ3v) is 2.53. The number of aromatic nitrogens is 1. The number of anilines is 1. The predicted octanol–water partition coefficient (Wildman–Crippen LogP) is 1.90. The number of nitriles is 1. The molecule has 2 rings (SSSR count). The van der Waals surface area contributed by atoms with E-state index in [2.05, 4.69) is 16.4 Å². The smallest absolute Gasteiger partial charge is 0.148 e. The van der Waals surface area contributed by atoms with Gasteiger partial charge in [-0.2, -0.15) is 5.26 Å². The molecule has 0 aliphatic carbocycles. The van der Waals surface area contributed by atoms with Crippen molar-refractivity contribution in [3.63, 3.8) is 0 Å². The Morgan fingerprint density at radius 3 is 3.00 bits per heavy atom. The van der Waals surface area contributed by atoms with Crippen LogP contribution in [0.15, 0.2) is 30.5 Å². The highest BCUT2D eigenvalue weighted by Gasteiger charge is 2.01. The summed E-state index contributed by atoms with van der Waals surface area (Å²) in [6, 6.07) is 9.75. The van der Waals surface area contributed by atoms with Gasteiger partial charge in [0.25, 0.3) is 0 Å². The molecule has 2 aromatic rings. The number of rotatable bonds is 4. The molecule has 0 saturated carbocycles. The maximum absolute atomic E-state index is 8.92. The minimum Gasteiger partial charge on any atom is -0.396 e. The topological polar surface area (TPSA) is 68.9 Å². The second-order valence-corrected chi connectivity index (χ2v) is 3.71. The highest BCUT2D eigenvalue weighted by molar-refractivity contribution is 5.88. The van der Waals surface area contributed by atoms with Crippen LogP contribution in [-0.2, 0) is 0 Å². The van der Waals surface area contributed by atoms with Crippen molar-refractivity contribution in [2.24, 2.45) is 0 Å². The first-order valence-corrected chi connectivity index (χ1v) is 5.49. The molecule has 0 bridgehead atoms. The number of hydrogen-bond acceptors (Lipinski definition) is 4. The molecule has 4 nitrogen and oxygen atoms in total. The minimum atomic E-state index is 0.184. The molecular weight excluding hydrogens is 214 g/mol. The molecular formula is C13H13N3O. The van der Waals surface area contributed by atoms with Crippen molar-refractivity contribution in [1.82, 2.24) is 4.98 Å². The van der Waals surface area contributed by atoms with E-state index in [-0.39, 0.29) is 6.61 Å². The maximum Gasteiger partial charge on any atom is 0.148 e. The van der Waals surface area contributed by atoms with Gasteiger partial charge < -0.3 is 10.4 Å². The monoisotopic (exact) mass is 227 g/mol. The Bertz CT molecular complexity index is 560. The van der Waals surface area contributed by atoms with Gasteiger partial charge in [0, 0.05) is 30.4 Å². The highest BCUT2D eigenvalue weighted by Crippen LogP contribution is 2.20. The van der Waals surface area contributed by atoms with Crippen molar-refractivity contribution >= 4 is 16.5 Å². The van der Waals surface area contributed by atoms with E-state index in [1.54, 1.807) is 6.20 Å². The van der Waals surface area contributed by atoms with E-state index in [4.69, 9.17) is 10.4 Å². The maximum atomic E-state index is 8.92. The van der Waals surface area contributed by atoms with Crippen LogP contribution < -0.4 is 5.32 Å². The molecule has 1 aromatic heterocycles. The van der Waals surface area contributed by atoms with E-state index in [9.17, 15) is 0 Å². The van der Waals surface area contributed by atoms with Gasteiger partial charge in [-0.05, 0) is 36.1 Å². The van der Waals surface area contributed by atoms with Gasteiger partial charge in [0.05, 0.1) is 0 Å². The number of aliphatic hydroxyl groups is 1. The van der Waals surface area contributed by atoms with Crippen LogP contribution in [0, 0.1) is 11.3 Å². The van der Waals surface area contributed by atoms with Crippen LogP contribution in [0.5, 0.6) is 0 Å². The summed E-state index contributed by atoms with van der Waals surface area (Å²) in [6.07, 6.45) is 2.36. The van der Waals surface area contributed by atoms with Crippen LogP contribution in [0.1, 0.15) is 12.1 Å². The lowest BCUT2D eigenvalue weighted by Crippen LogP contribution is -2.03. The normalized spacial score (nSPS) is 10.1. The molecule has 4 heteroatoms. The summed E-state index contributed by atoms with van der Waals surface area (Å²) in [6.45, 7) is 0.918. The largest absolute Gasteiger partial charge is 0.396 e. The summed E-state index contributed by atoms with van der Waals surface area (Å²) in [7, 11) is 0. The van der Waals surface area contributed by atoms with Crippen molar-refractivity contribution in [1.29, 1.82) is 5.26 Å². The molecule has 0 saturated heterocycles. The van der Waals surface area contributed by atoms with E-state index in [1.807, 2.05) is 24.3 Å². The quantitative estimate of drug-likeness (QED) is 0.783. The zero-order valence-corrected chi connectivity index (χ0v) is 9.35. The van der Waals surface area contributed by atoms with Gasteiger partial charge in [-0.25, -0.2) is 4.98 Å². The Kier molecular flexibility index (Phi) is 3.53. The molecule has 1 aromatic carbocycles. The summed E-state index contributed by atoms with van der Waals surface area (Å²) >= 11 is 0. The number of benzene rings is 1. The van der Waals surface area contributed by atoms with E-state index in [0.29, 0.717) is 5.69 Å². The average molecular weight is 227 g/mol. The standard InChI is InChI=1S/C13H13N3O/c14-9-13-12-3-2-11(15-5-1-7-17)8-10(12)4-6-16-13/h2-4,6,8,15,17H,1,5,7H2. The summed E-state index contributed by atoms with van der Waals surface area (Å²) in [4.78, 5) is 4.02. The predicted molar refractivity (Wildman–Crippen MR) is 66.7 cm³/mol. The van der Waals surface area contributed by atoms with Crippen LogP contribution in [0.4, 0.5) is 5.69 Å². The minimum absolute atomic E-state index is 0.184. The first kappa shape index (κ1) is 11.4. The Hall–Kier alpha value is -2.12. The van der Waals surface area contributed by atoms with E-state index in [0.717, 1.165) is 29.4 Å². The first-order chi connectivity index (χ1) is 8.35. The zero-order valence-electron chi connectivity index (χ0n) is 9.35. The molecule has 0 radical (unpaired) electrons. The summed E-state index contributed by atoms with van der Waals surface area (Å²) in [5, 5.41) is 22.7. The third kappa shape index (κ3) is 2.52. The van der Waals surface area contributed by atoms with Crippen molar-refractivity contribution in [2.45, 2.75) is 6.42 Å². The fourth-order valence-corrected chi connectivity index (χ4v) is 1.69. The molecule has 0 fully saturated rings. The molecule has 0 unspecified atom stereocenters. The van der Waals surface area contributed by atoms with E-state index >= 15 is 0 Å². The van der Waals surface area contributed by atoms with Crippen LogP contribution in [-0.4, -0.2) is 23.2 Å². The van der Waals surface area contributed by atoms with Gasteiger partial charge in [-0.1, -0.05) is 0 Å². The van der Waals surface area contributed by atoms with Gasteiger partial charge in [0.1, 0.15) is 11.8 Å². The second kappa shape index (κ2) is 5.28. The fraction of sp³-hybridized carbons (Fsp3) is 0.231. The summed E-state index contributed by atoms with van der Waals surface area (Å²) < 4.78 is 0. The average Bonchev–Trinajstić information content (AvgIpc) is 2.38. The van der Waals surface area contributed by atoms with Gasteiger partial charge in [-0.15, -0.1) is 0 Å². The fourth-order valence-electron chi connectivity index (χ4n) is 1.69. The SMILES string of the molecule is N#Cc1nccc2cc(NCCCO)ccc12. The number of aliphatic hydroxyl groups excluding tert-OH is 1. The molecule has 0 atom stereocenters. The zero-order chi connectivity index (χ0) is 12.1.